The van der Waals surface area contributed by atoms with Crippen LogP contribution in [0.4, 0.5) is 5.82 Å². The molecule has 0 radical (unpaired) electrons. The Hall–Kier alpha value is -3.41. The van der Waals surface area contributed by atoms with Gasteiger partial charge in [0, 0.05) is 43.5 Å². The van der Waals surface area contributed by atoms with Gasteiger partial charge in [0.05, 0.1) is 0 Å². The lowest BCUT2D eigenvalue weighted by molar-refractivity contribution is -0.133. The second-order valence-electron chi connectivity index (χ2n) is 7.32. The highest BCUT2D eigenvalue weighted by molar-refractivity contribution is 5.85. The van der Waals surface area contributed by atoms with E-state index >= 15 is 0 Å². The van der Waals surface area contributed by atoms with Crippen LogP contribution in [0.25, 0.3) is 11.4 Å². The smallest absolute Gasteiger partial charge is 0.233 e. The Morgan fingerprint density at radius 1 is 0.931 bits per heavy atom. The zero-order valence-electron chi connectivity index (χ0n) is 16.1. The van der Waals surface area contributed by atoms with E-state index in [0.717, 1.165) is 41.6 Å². The molecule has 1 fully saturated rings. The van der Waals surface area contributed by atoms with E-state index in [1.165, 1.54) is 0 Å². The summed E-state index contributed by atoms with van der Waals surface area (Å²) in [5.74, 6) is 2.42. The van der Waals surface area contributed by atoms with Crippen LogP contribution in [-0.4, -0.2) is 53.6 Å². The third-order valence-electron chi connectivity index (χ3n) is 5.59. The van der Waals surface area contributed by atoms with Crippen molar-refractivity contribution in [3.63, 3.8) is 0 Å². The van der Waals surface area contributed by atoms with Crippen LogP contribution in [0.5, 0.6) is 5.75 Å². The number of fused-ring (bicyclic) bond motifs is 1. The number of nitrogens with zero attached hydrogens (tertiary/aromatic N) is 4. The van der Waals surface area contributed by atoms with Crippen LogP contribution in [0, 0.1) is 0 Å². The molecule has 1 saturated heterocycles. The van der Waals surface area contributed by atoms with Gasteiger partial charge in [-0.1, -0.05) is 48.5 Å². The van der Waals surface area contributed by atoms with Gasteiger partial charge in [0.1, 0.15) is 24.1 Å². The molecule has 3 heterocycles. The average molecular weight is 386 g/mol. The van der Waals surface area contributed by atoms with E-state index in [0.29, 0.717) is 19.7 Å². The van der Waals surface area contributed by atoms with Gasteiger partial charge < -0.3 is 14.5 Å². The van der Waals surface area contributed by atoms with Gasteiger partial charge in [0.25, 0.3) is 0 Å². The molecule has 0 spiro atoms. The minimum absolute atomic E-state index is 0.155. The minimum atomic E-state index is -0.193. The molecule has 5 rings (SSSR count). The number of hydrogen-bond acceptors (Lipinski definition) is 5. The third-order valence-corrected chi connectivity index (χ3v) is 5.59. The quantitative estimate of drug-likeness (QED) is 0.693. The highest BCUT2D eigenvalue weighted by Crippen LogP contribution is 2.34. The number of rotatable bonds is 3. The van der Waals surface area contributed by atoms with Crippen LogP contribution in [0.2, 0.25) is 0 Å². The van der Waals surface area contributed by atoms with E-state index in [-0.39, 0.29) is 11.8 Å². The molecule has 0 saturated carbocycles. The second-order valence-corrected chi connectivity index (χ2v) is 7.32. The van der Waals surface area contributed by atoms with Gasteiger partial charge in [-0.15, -0.1) is 0 Å². The van der Waals surface area contributed by atoms with Gasteiger partial charge in [-0.25, -0.2) is 9.97 Å². The van der Waals surface area contributed by atoms with E-state index in [9.17, 15) is 4.79 Å². The highest BCUT2D eigenvalue weighted by atomic mass is 16.5. The summed E-state index contributed by atoms with van der Waals surface area (Å²) >= 11 is 0. The van der Waals surface area contributed by atoms with Gasteiger partial charge >= 0.3 is 0 Å². The molecule has 1 atom stereocenters. The Kier molecular flexibility index (Phi) is 4.60. The van der Waals surface area contributed by atoms with Crippen LogP contribution >= 0.6 is 0 Å². The van der Waals surface area contributed by atoms with E-state index < -0.39 is 0 Å². The predicted octanol–water partition coefficient (Wildman–Crippen LogP) is 2.97. The lowest BCUT2D eigenvalue weighted by atomic mass is 9.99. The van der Waals surface area contributed by atoms with E-state index in [4.69, 9.17) is 9.72 Å². The molecule has 1 unspecified atom stereocenters. The first-order valence-corrected chi connectivity index (χ1v) is 9.93. The molecule has 0 N–H and O–H groups in total. The molecular formula is C23H22N4O2. The fourth-order valence-electron chi connectivity index (χ4n) is 3.99. The Balaban J connectivity index is 1.26. The number of hydrogen-bond donors (Lipinski definition) is 0. The molecule has 3 aromatic rings. The molecule has 29 heavy (non-hydrogen) atoms. The zero-order chi connectivity index (χ0) is 19.6. The molecule has 1 amide bonds. The zero-order valence-corrected chi connectivity index (χ0v) is 16.1. The SMILES string of the molecule is O=C(C1COc2ccccc21)N1CCN(c2ccnc(-c3ccccc3)n2)CC1. The second kappa shape index (κ2) is 7.54. The standard InChI is InChI=1S/C23H22N4O2/c28-23(19-16-29-20-9-5-4-8-18(19)20)27-14-12-26(13-15-27)21-10-11-24-22(25-21)17-6-2-1-3-7-17/h1-11,19H,12-16H2. The average Bonchev–Trinajstić information content (AvgIpc) is 3.24. The molecule has 0 aliphatic carbocycles. The van der Waals surface area contributed by atoms with Crippen molar-refractivity contribution in [3.8, 4) is 17.1 Å². The highest BCUT2D eigenvalue weighted by Gasteiger charge is 2.34. The number of carbonyl (C=O) groups excluding carboxylic acids is 1. The molecular weight excluding hydrogens is 364 g/mol. The van der Waals surface area contributed by atoms with Crippen LogP contribution in [-0.2, 0) is 4.79 Å². The minimum Gasteiger partial charge on any atom is -0.492 e. The van der Waals surface area contributed by atoms with Crippen molar-refractivity contribution in [2.75, 3.05) is 37.7 Å². The number of carbonyl (C=O) groups is 1. The third kappa shape index (κ3) is 3.42. The number of anilines is 1. The molecule has 0 bridgehead atoms. The lowest BCUT2D eigenvalue weighted by Gasteiger charge is -2.36. The predicted molar refractivity (Wildman–Crippen MR) is 111 cm³/mol. The van der Waals surface area contributed by atoms with Crippen molar-refractivity contribution in [1.29, 1.82) is 0 Å². The normalized spacial score (nSPS) is 18.3. The molecule has 2 aromatic carbocycles. The van der Waals surface area contributed by atoms with Crippen molar-refractivity contribution in [2.45, 2.75) is 5.92 Å². The summed E-state index contributed by atoms with van der Waals surface area (Å²) in [7, 11) is 0. The fourth-order valence-corrected chi connectivity index (χ4v) is 3.99. The van der Waals surface area contributed by atoms with Crippen LogP contribution in [0.1, 0.15) is 11.5 Å². The summed E-state index contributed by atoms with van der Waals surface area (Å²) in [6.07, 6.45) is 1.80. The van der Waals surface area contributed by atoms with Crippen LogP contribution < -0.4 is 9.64 Å². The summed E-state index contributed by atoms with van der Waals surface area (Å²) in [5, 5.41) is 0. The summed E-state index contributed by atoms with van der Waals surface area (Å²) in [4.78, 5) is 26.4. The Bertz CT molecular complexity index is 1020. The monoisotopic (exact) mass is 386 g/mol. The van der Waals surface area contributed by atoms with Gasteiger partial charge in [-0.3, -0.25) is 4.79 Å². The van der Waals surface area contributed by atoms with Gasteiger partial charge in [-0.05, 0) is 12.1 Å². The van der Waals surface area contributed by atoms with Crippen LogP contribution in [0.15, 0.2) is 66.9 Å². The molecule has 6 heteroatoms. The van der Waals surface area contributed by atoms with E-state index in [1.54, 1.807) is 6.20 Å². The number of para-hydroxylation sites is 1. The van der Waals surface area contributed by atoms with Gasteiger partial charge in [0.15, 0.2) is 5.82 Å². The number of benzene rings is 2. The molecule has 6 nitrogen and oxygen atoms in total. The maximum atomic E-state index is 13.0. The fraction of sp³-hybridized carbons (Fsp3) is 0.261. The molecule has 1 aromatic heterocycles. The summed E-state index contributed by atoms with van der Waals surface area (Å²) in [6.45, 7) is 3.31. The molecule has 2 aliphatic rings. The number of aromatic nitrogens is 2. The lowest BCUT2D eigenvalue weighted by Crippen LogP contribution is -2.50. The summed E-state index contributed by atoms with van der Waals surface area (Å²) in [6, 6.07) is 19.7. The maximum Gasteiger partial charge on any atom is 0.233 e. The Labute approximate surface area is 169 Å². The van der Waals surface area contributed by atoms with Crippen molar-refractivity contribution in [3.05, 3.63) is 72.4 Å². The Morgan fingerprint density at radius 3 is 2.52 bits per heavy atom. The largest absolute Gasteiger partial charge is 0.492 e. The first-order chi connectivity index (χ1) is 14.3. The molecule has 2 aliphatic heterocycles. The molecule has 146 valence electrons. The van der Waals surface area contributed by atoms with Crippen molar-refractivity contribution >= 4 is 11.7 Å². The van der Waals surface area contributed by atoms with Crippen molar-refractivity contribution in [2.24, 2.45) is 0 Å². The number of ether oxygens (including phenoxy) is 1. The van der Waals surface area contributed by atoms with Crippen molar-refractivity contribution < 1.29 is 9.53 Å². The number of piperazine rings is 1. The first-order valence-electron chi connectivity index (χ1n) is 9.93. The summed E-state index contributed by atoms with van der Waals surface area (Å²) in [5.41, 5.74) is 2.01. The maximum absolute atomic E-state index is 13.0. The number of amides is 1. The Morgan fingerprint density at radius 2 is 1.69 bits per heavy atom. The van der Waals surface area contributed by atoms with Crippen molar-refractivity contribution in [1.82, 2.24) is 14.9 Å². The van der Waals surface area contributed by atoms with Gasteiger partial charge in [-0.2, -0.15) is 0 Å². The van der Waals surface area contributed by atoms with Crippen LogP contribution in [0.3, 0.4) is 0 Å². The van der Waals surface area contributed by atoms with E-state index in [1.807, 2.05) is 65.6 Å². The topological polar surface area (TPSA) is 58.6 Å². The van der Waals surface area contributed by atoms with E-state index in [2.05, 4.69) is 9.88 Å². The first kappa shape index (κ1) is 17.7. The van der Waals surface area contributed by atoms with Gasteiger partial charge in [0.2, 0.25) is 5.91 Å². The summed E-state index contributed by atoms with van der Waals surface area (Å²) < 4.78 is 5.69.